The molecule has 0 aliphatic carbocycles. The summed E-state index contributed by atoms with van der Waals surface area (Å²) in [5.74, 6) is -1.32. The molecule has 0 aromatic heterocycles. The van der Waals surface area contributed by atoms with E-state index >= 15 is 0 Å². The molecule has 3 rings (SSSR count). The first-order valence-electron chi connectivity index (χ1n) is 7.57. The fourth-order valence-corrected chi connectivity index (χ4v) is 3.13. The molecule has 0 radical (unpaired) electrons. The van der Waals surface area contributed by atoms with Crippen molar-refractivity contribution in [3.8, 4) is 0 Å². The Balaban J connectivity index is 1.70. The Labute approximate surface area is 134 Å². The maximum absolute atomic E-state index is 11.8. The van der Waals surface area contributed by atoms with Crippen LogP contribution >= 0.6 is 0 Å². The number of methoxy groups -OCH3 is 1. The van der Waals surface area contributed by atoms with Gasteiger partial charge in [-0.1, -0.05) is 18.2 Å². The zero-order chi connectivity index (χ0) is 16.4. The summed E-state index contributed by atoms with van der Waals surface area (Å²) >= 11 is 0. The minimum absolute atomic E-state index is 0.0146. The van der Waals surface area contributed by atoms with Crippen LogP contribution < -0.4 is 5.32 Å². The smallest absolute Gasteiger partial charge is 0.338 e. The minimum atomic E-state index is -0.522. The highest BCUT2D eigenvalue weighted by Crippen LogP contribution is 2.18. The van der Waals surface area contributed by atoms with Crippen LogP contribution in [0.15, 0.2) is 24.3 Å². The highest BCUT2D eigenvalue weighted by Gasteiger charge is 2.37. The van der Waals surface area contributed by atoms with Gasteiger partial charge in [-0.15, -0.1) is 0 Å². The van der Waals surface area contributed by atoms with Gasteiger partial charge in [-0.05, 0) is 11.6 Å². The second kappa shape index (κ2) is 6.37. The van der Waals surface area contributed by atoms with E-state index in [1.807, 2.05) is 18.2 Å². The van der Waals surface area contributed by atoms with Gasteiger partial charge >= 0.3 is 17.8 Å². The number of amides is 2. The van der Waals surface area contributed by atoms with Gasteiger partial charge in [0.05, 0.1) is 18.7 Å². The average molecular weight is 317 g/mol. The summed E-state index contributed by atoms with van der Waals surface area (Å²) in [5.41, 5.74) is 1.46. The number of nitrogens with zero attached hydrogens (tertiary/aromatic N) is 2. The second-order valence-electron chi connectivity index (χ2n) is 5.75. The molecule has 2 fully saturated rings. The first-order chi connectivity index (χ1) is 11.1. The monoisotopic (exact) mass is 317 g/mol. The molecular weight excluding hydrogens is 298 g/mol. The summed E-state index contributed by atoms with van der Waals surface area (Å²) in [6.07, 6.45) is 0. The highest BCUT2D eigenvalue weighted by molar-refractivity contribution is 6.35. The molecule has 2 saturated heterocycles. The molecular formula is C16H19N3O4. The van der Waals surface area contributed by atoms with E-state index in [-0.39, 0.29) is 12.0 Å². The average Bonchev–Trinajstić information content (AvgIpc) is 2.58. The summed E-state index contributed by atoms with van der Waals surface area (Å²) in [4.78, 5) is 38.9. The van der Waals surface area contributed by atoms with Crippen molar-refractivity contribution in [3.05, 3.63) is 35.4 Å². The Hall–Kier alpha value is -2.41. The molecule has 1 atom stereocenters. The van der Waals surface area contributed by atoms with Crippen LogP contribution in [0.4, 0.5) is 0 Å². The predicted molar refractivity (Wildman–Crippen MR) is 81.6 cm³/mol. The number of carbonyl (C=O) groups excluding carboxylic acids is 3. The van der Waals surface area contributed by atoms with Gasteiger partial charge in [-0.2, -0.15) is 0 Å². The van der Waals surface area contributed by atoms with Crippen molar-refractivity contribution in [1.29, 1.82) is 0 Å². The van der Waals surface area contributed by atoms with Gasteiger partial charge in [0.1, 0.15) is 0 Å². The summed E-state index contributed by atoms with van der Waals surface area (Å²) in [5, 5.41) is 2.62. The standard InChI is InChI=1S/C16H19N3O4/c1-23-16(22)13-5-3-2-4-11(13)9-18-6-7-19-12(10-18)8-17-14(20)15(19)21/h2-5,12H,6-10H2,1H3,(H,17,20)/t12-/m1/s1. The lowest BCUT2D eigenvalue weighted by atomic mass is 10.0. The van der Waals surface area contributed by atoms with Crippen LogP contribution in [0, 0.1) is 0 Å². The van der Waals surface area contributed by atoms with Crippen LogP contribution in [0.25, 0.3) is 0 Å². The largest absolute Gasteiger partial charge is 0.465 e. The van der Waals surface area contributed by atoms with Crippen molar-refractivity contribution in [3.63, 3.8) is 0 Å². The number of rotatable bonds is 3. The molecule has 1 N–H and O–H groups in total. The van der Waals surface area contributed by atoms with E-state index in [0.29, 0.717) is 38.3 Å². The number of piperazine rings is 2. The van der Waals surface area contributed by atoms with Crippen molar-refractivity contribution in [1.82, 2.24) is 15.1 Å². The van der Waals surface area contributed by atoms with Crippen LogP contribution in [-0.2, 0) is 20.9 Å². The van der Waals surface area contributed by atoms with Gasteiger partial charge in [-0.25, -0.2) is 4.79 Å². The molecule has 2 amide bonds. The first kappa shape index (κ1) is 15.5. The van der Waals surface area contributed by atoms with Crippen molar-refractivity contribution in [2.24, 2.45) is 0 Å². The minimum Gasteiger partial charge on any atom is -0.465 e. The predicted octanol–water partition coefficient (Wildman–Crippen LogP) is -0.384. The number of hydrogen-bond donors (Lipinski definition) is 1. The second-order valence-corrected chi connectivity index (χ2v) is 5.75. The Bertz CT molecular complexity index is 646. The molecule has 0 bridgehead atoms. The molecule has 0 saturated carbocycles. The van der Waals surface area contributed by atoms with Gasteiger partial charge < -0.3 is 15.0 Å². The van der Waals surface area contributed by atoms with Crippen molar-refractivity contribution in [2.75, 3.05) is 33.3 Å². The van der Waals surface area contributed by atoms with Crippen LogP contribution in [0.3, 0.4) is 0 Å². The molecule has 2 aliphatic rings. The van der Waals surface area contributed by atoms with Crippen molar-refractivity contribution < 1.29 is 19.1 Å². The Morgan fingerprint density at radius 3 is 2.87 bits per heavy atom. The summed E-state index contributed by atoms with van der Waals surface area (Å²) < 4.78 is 4.82. The zero-order valence-electron chi connectivity index (χ0n) is 12.9. The van der Waals surface area contributed by atoms with E-state index in [0.717, 1.165) is 5.56 Å². The Kier molecular flexibility index (Phi) is 4.29. The number of benzene rings is 1. The molecule has 2 aliphatic heterocycles. The maximum Gasteiger partial charge on any atom is 0.338 e. The molecule has 122 valence electrons. The van der Waals surface area contributed by atoms with Gasteiger partial charge in [0.15, 0.2) is 0 Å². The number of fused-ring (bicyclic) bond motifs is 1. The summed E-state index contributed by atoms with van der Waals surface area (Å²) in [7, 11) is 1.37. The molecule has 23 heavy (non-hydrogen) atoms. The molecule has 2 heterocycles. The Morgan fingerprint density at radius 2 is 2.09 bits per heavy atom. The van der Waals surface area contributed by atoms with Crippen molar-refractivity contribution >= 4 is 17.8 Å². The van der Waals surface area contributed by atoms with Gasteiger partial charge in [0, 0.05) is 32.7 Å². The molecule has 7 nitrogen and oxygen atoms in total. The number of hydrogen-bond acceptors (Lipinski definition) is 5. The third-order valence-electron chi connectivity index (χ3n) is 4.34. The highest BCUT2D eigenvalue weighted by atomic mass is 16.5. The van der Waals surface area contributed by atoms with E-state index in [1.54, 1.807) is 11.0 Å². The SMILES string of the molecule is COC(=O)c1ccccc1CN1CCN2C(=O)C(=O)NC[C@@H]2C1. The molecule has 7 heteroatoms. The molecule has 0 spiro atoms. The third kappa shape index (κ3) is 3.05. The number of carbonyl (C=O) groups is 3. The van der Waals surface area contributed by atoms with Crippen LogP contribution in [0.5, 0.6) is 0 Å². The summed E-state index contributed by atoms with van der Waals surface area (Å²) in [6.45, 7) is 2.95. The third-order valence-corrected chi connectivity index (χ3v) is 4.34. The lowest BCUT2D eigenvalue weighted by molar-refractivity contribution is -0.152. The first-order valence-corrected chi connectivity index (χ1v) is 7.57. The summed E-state index contributed by atoms with van der Waals surface area (Å²) in [6, 6.07) is 7.35. The zero-order valence-corrected chi connectivity index (χ0v) is 12.9. The van der Waals surface area contributed by atoms with Crippen LogP contribution in [0.2, 0.25) is 0 Å². The van der Waals surface area contributed by atoms with Crippen LogP contribution in [0.1, 0.15) is 15.9 Å². The van der Waals surface area contributed by atoms with Crippen molar-refractivity contribution in [2.45, 2.75) is 12.6 Å². The van der Waals surface area contributed by atoms with E-state index in [2.05, 4.69) is 10.2 Å². The van der Waals surface area contributed by atoms with Gasteiger partial charge in [0.25, 0.3) is 0 Å². The van der Waals surface area contributed by atoms with E-state index < -0.39 is 11.8 Å². The fraction of sp³-hybridized carbons (Fsp3) is 0.438. The topological polar surface area (TPSA) is 79.0 Å². The molecule has 1 aromatic carbocycles. The number of ether oxygens (including phenoxy) is 1. The normalized spacial score (nSPS) is 21.6. The molecule has 1 aromatic rings. The van der Waals surface area contributed by atoms with Gasteiger partial charge in [-0.3, -0.25) is 14.5 Å². The van der Waals surface area contributed by atoms with E-state index in [9.17, 15) is 14.4 Å². The lowest BCUT2D eigenvalue weighted by Gasteiger charge is -2.43. The fourth-order valence-electron chi connectivity index (χ4n) is 3.13. The number of esters is 1. The molecule has 0 unspecified atom stereocenters. The van der Waals surface area contributed by atoms with Crippen LogP contribution in [-0.4, -0.2) is 66.9 Å². The maximum atomic E-state index is 11.8. The van der Waals surface area contributed by atoms with E-state index in [1.165, 1.54) is 7.11 Å². The van der Waals surface area contributed by atoms with Gasteiger partial charge in [0.2, 0.25) is 0 Å². The van der Waals surface area contributed by atoms with E-state index in [4.69, 9.17) is 4.74 Å². The number of nitrogens with one attached hydrogen (secondary N) is 1. The quantitative estimate of drug-likeness (QED) is 0.607. The lowest BCUT2D eigenvalue weighted by Crippen LogP contribution is -2.65. The Morgan fingerprint density at radius 1 is 1.30 bits per heavy atom.